The first-order chi connectivity index (χ1) is 16.2. The lowest BCUT2D eigenvalue weighted by molar-refractivity contribution is 0.255. The number of dihydropyridines is 1. The fourth-order valence-corrected chi connectivity index (χ4v) is 4.06. The minimum absolute atomic E-state index is 0.0435. The van der Waals surface area contributed by atoms with Gasteiger partial charge in [0.15, 0.2) is 0 Å². The van der Waals surface area contributed by atoms with E-state index in [-0.39, 0.29) is 11.4 Å². The van der Waals surface area contributed by atoms with Gasteiger partial charge in [-0.05, 0) is 58.4 Å². The number of rotatable bonds is 4. The van der Waals surface area contributed by atoms with Crippen LogP contribution in [0.1, 0.15) is 43.9 Å². The molecule has 1 aliphatic carbocycles. The Balaban J connectivity index is 1.56. The number of fused-ring (bicyclic) bond motifs is 1. The molecule has 4 rings (SSSR count). The molecule has 3 N–H and O–H groups in total. The number of carbonyl (C=O) groups is 1. The number of methoxy groups -OCH3 is 1. The smallest absolute Gasteiger partial charge is 0.323 e. The zero-order valence-corrected chi connectivity index (χ0v) is 20.2. The Bertz CT molecular complexity index is 1260. The van der Waals surface area contributed by atoms with Gasteiger partial charge in [0, 0.05) is 23.2 Å². The molecule has 5 heteroatoms. The number of carbonyl (C=O) groups excluding carboxylic acids is 1. The third-order valence-corrected chi connectivity index (χ3v) is 5.88. The number of allylic oxidation sites excluding steroid dienone is 6. The summed E-state index contributed by atoms with van der Waals surface area (Å²) in [5.74, 6) is 0.622. The first kappa shape index (κ1) is 23.2. The summed E-state index contributed by atoms with van der Waals surface area (Å²) in [5.41, 5.74) is 7.72. The molecule has 0 aromatic heterocycles. The Labute approximate surface area is 201 Å². The minimum Gasteiger partial charge on any atom is -0.495 e. The summed E-state index contributed by atoms with van der Waals surface area (Å²) in [6.07, 6.45) is 10.8. The zero-order valence-electron chi connectivity index (χ0n) is 20.2. The van der Waals surface area contributed by atoms with Gasteiger partial charge in [-0.1, -0.05) is 69.8 Å². The van der Waals surface area contributed by atoms with Crippen molar-refractivity contribution in [1.29, 1.82) is 0 Å². The van der Waals surface area contributed by atoms with Crippen LogP contribution in [0.15, 0.2) is 90.8 Å². The second-order valence-corrected chi connectivity index (χ2v) is 9.43. The highest BCUT2D eigenvalue weighted by atomic mass is 16.5. The first-order valence-electron chi connectivity index (χ1n) is 11.4. The quantitative estimate of drug-likeness (QED) is 0.495. The Morgan fingerprint density at radius 1 is 1.12 bits per heavy atom. The van der Waals surface area contributed by atoms with Crippen molar-refractivity contribution < 1.29 is 9.53 Å². The van der Waals surface area contributed by atoms with Crippen molar-refractivity contribution in [2.75, 3.05) is 12.4 Å². The lowest BCUT2D eigenvalue weighted by Crippen LogP contribution is -2.29. The number of hydrogen-bond donors (Lipinski definition) is 3. The monoisotopic (exact) mass is 453 g/mol. The van der Waals surface area contributed by atoms with Crippen LogP contribution in [0.3, 0.4) is 0 Å². The van der Waals surface area contributed by atoms with Crippen molar-refractivity contribution in [2.24, 2.45) is 0 Å². The van der Waals surface area contributed by atoms with Crippen molar-refractivity contribution in [1.82, 2.24) is 10.6 Å². The van der Waals surface area contributed by atoms with Crippen LogP contribution in [-0.2, 0) is 5.41 Å². The summed E-state index contributed by atoms with van der Waals surface area (Å²) in [6.45, 7) is 10.4. The molecule has 2 aromatic rings. The van der Waals surface area contributed by atoms with Crippen LogP contribution in [0, 0.1) is 0 Å². The summed E-state index contributed by atoms with van der Waals surface area (Å²) in [5, 5.41) is 9.09. The van der Waals surface area contributed by atoms with E-state index in [1.807, 2.05) is 54.8 Å². The predicted molar refractivity (Wildman–Crippen MR) is 140 cm³/mol. The topological polar surface area (TPSA) is 62.4 Å². The number of anilines is 1. The van der Waals surface area contributed by atoms with Crippen molar-refractivity contribution in [3.63, 3.8) is 0 Å². The van der Waals surface area contributed by atoms with Crippen LogP contribution in [0.4, 0.5) is 10.5 Å². The standard InChI is InChI=1S/C29H31N3O2/c1-19-16-20(14-15-30-19)17-21-10-12-25(24-9-7-6-8-23(21)24)31-28(33)32-26-18-22(29(2,3)4)11-13-27(26)34-5/h6-9,11-18,30H,1,10H2,2-5H3,(H2,31,32,33). The Morgan fingerprint density at radius 2 is 1.88 bits per heavy atom. The van der Waals surface area contributed by atoms with E-state index in [2.05, 4.69) is 61.5 Å². The highest BCUT2D eigenvalue weighted by Crippen LogP contribution is 2.35. The molecule has 0 fully saturated rings. The van der Waals surface area contributed by atoms with E-state index in [4.69, 9.17) is 4.74 Å². The van der Waals surface area contributed by atoms with E-state index in [0.29, 0.717) is 17.9 Å². The molecular formula is C29H31N3O2. The number of benzene rings is 2. The molecule has 174 valence electrons. The van der Waals surface area contributed by atoms with Crippen LogP contribution in [0.5, 0.6) is 5.75 Å². The van der Waals surface area contributed by atoms with Gasteiger partial charge in [-0.2, -0.15) is 0 Å². The molecule has 0 radical (unpaired) electrons. The zero-order chi connectivity index (χ0) is 24.3. The number of nitrogens with one attached hydrogen (secondary N) is 3. The Morgan fingerprint density at radius 3 is 2.59 bits per heavy atom. The van der Waals surface area contributed by atoms with Crippen LogP contribution in [0.2, 0.25) is 0 Å². The molecule has 0 bridgehead atoms. The van der Waals surface area contributed by atoms with E-state index in [1.165, 1.54) is 5.57 Å². The van der Waals surface area contributed by atoms with Crippen molar-refractivity contribution >= 4 is 23.0 Å². The van der Waals surface area contributed by atoms with E-state index in [9.17, 15) is 4.79 Å². The van der Waals surface area contributed by atoms with Gasteiger partial charge >= 0.3 is 6.03 Å². The molecule has 1 aliphatic heterocycles. The Kier molecular flexibility index (Phi) is 6.46. The highest BCUT2D eigenvalue weighted by Gasteiger charge is 2.20. The second-order valence-electron chi connectivity index (χ2n) is 9.43. The fraction of sp³-hybridized carbons (Fsp3) is 0.207. The van der Waals surface area contributed by atoms with Gasteiger partial charge in [0.1, 0.15) is 5.75 Å². The highest BCUT2D eigenvalue weighted by molar-refractivity contribution is 5.98. The molecule has 0 unspecified atom stereocenters. The molecule has 2 amide bonds. The van der Waals surface area contributed by atoms with E-state index < -0.39 is 0 Å². The maximum atomic E-state index is 13.0. The van der Waals surface area contributed by atoms with Crippen molar-refractivity contribution in [3.05, 3.63) is 108 Å². The molecule has 2 aromatic carbocycles. The Hall–Kier alpha value is -3.99. The number of urea groups is 1. The summed E-state index contributed by atoms with van der Waals surface area (Å²) in [4.78, 5) is 13.0. The van der Waals surface area contributed by atoms with Gasteiger partial charge in [-0.15, -0.1) is 0 Å². The molecular weight excluding hydrogens is 422 g/mol. The van der Waals surface area contributed by atoms with Gasteiger partial charge in [-0.25, -0.2) is 4.79 Å². The van der Waals surface area contributed by atoms with Gasteiger partial charge in [-0.3, -0.25) is 0 Å². The maximum absolute atomic E-state index is 13.0. The van der Waals surface area contributed by atoms with E-state index in [1.54, 1.807) is 7.11 Å². The van der Waals surface area contributed by atoms with Gasteiger partial charge in [0.25, 0.3) is 0 Å². The van der Waals surface area contributed by atoms with Gasteiger partial charge in [0.05, 0.1) is 12.8 Å². The van der Waals surface area contributed by atoms with E-state index in [0.717, 1.165) is 33.7 Å². The van der Waals surface area contributed by atoms with Crippen LogP contribution in [0.25, 0.3) is 11.3 Å². The molecule has 1 heterocycles. The molecule has 5 nitrogen and oxygen atoms in total. The lowest BCUT2D eigenvalue weighted by atomic mass is 9.87. The third kappa shape index (κ3) is 5.15. The molecule has 0 atom stereocenters. The second kappa shape index (κ2) is 9.48. The summed E-state index contributed by atoms with van der Waals surface area (Å²) >= 11 is 0. The van der Waals surface area contributed by atoms with Crippen molar-refractivity contribution in [3.8, 4) is 5.75 Å². The average molecular weight is 454 g/mol. The largest absolute Gasteiger partial charge is 0.495 e. The normalized spacial score (nSPS) is 16.2. The van der Waals surface area contributed by atoms with Crippen LogP contribution in [-0.4, -0.2) is 13.1 Å². The van der Waals surface area contributed by atoms with Gasteiger partial charge < -0.3 is 20.7 Å². The number of amides is 2. The molecule has 34 heavy (non-hydrogen) atoms. The summed E-state index contributed by atoms with van der Waals surface area (Å²) < 4.78 is 5.47. The third-order valence-electron chi connectivity index (χ3n) is 5.88. The predicted octanol–water partition coefficient (Wildman–Crippen LogP) is 6.50. The molecule has 0 saturated carbocycles. The molecule has 2 aliphatic rings. The lowest BCUT2D eigenvalue weighted by Gasteiger charge is -2.23. The van der Waals surface area contributed by atoms with Crippen LogP contribution < -0.4 is 20.7 Å². The minimum atomic E-state index is -0.307. The van der Waals surface area contributed by atoms with Crippen molar-refractivity contribution in [2.45, 2.75) is 32.6 Å². The number of hydrogen-bond acceptors (Lipinski definition) is 3. The summed E-state index contributed by atoms with van der Waals surface area (Å²) in [7, 11) is 1.60. The fourth-order valence-electron chi connectivity index (χ4n) is 4.06. The molecule has 0 spiro atoms. The van der Waals surface area contributed by atoms with Crippen LogP contribution >= 0.6 is 0 Å². The van der Waals surface area contributed by atoms with Gasteiger partial charge in [0.2, 0.25) is 0 Å². The summed E-state index contributed by atoms with van der Waals surface area (Å²) in [6, 6.07) is 13.7. The number of ether oxygens (including phenoxy) is 1. The van der Waals surface area contributed by atoms with E-state index >= 15 is 0 Å². The average Bonchev–Trinajstić information content (AvgIpc) is 2.80. The SMILES string of the molecule is C=C1C=C(C=C2CC=C(NC(=O)Nc3cc(C(C)(C)C)ccc3OC)c3ccccc32)C=CN1. The maximum Gasteiger partial charge on any atom is 0.323 e. The first-order valence-corrected chi connectivity index (χ1v) is 11.4. The molecule has 0 saturated heterocycles.